The van der Waals surface area contributed by atoms with Gasteiger partial charge in [-0.3, -0.25) is 0 Å². The van der Waals surface area contributed by atoms with Crippen LogP contribution in [0.5, 0.6) is 0 Å². The molecule has 1 nitrogen and oxygen atoms in total. The van der Waals surface area contributed by atoms with E-state index >= 15 is 0 Å². The molecule has 1 rings (SSSR count). The first-order valence-electron chi connectivity index (χ1n) is 3.16. The van der Waals surface area contributed by atoms with Crippen molar-refractivity contribution in [3.05, 3.63) is 33.8 Å². The number of nitrogens with zero attached hydrogens (tertiary/aromatic N) is 1. The molecule has 0 saturated heterocycles. The van der Waals surface area contributed by atoms with E-state index in [0.29, 0.717) is 0 Å². The Hall–Kier alpha value is -0.950. The Balaban J connectivity index is 3.25. The number of rotatable bonds is 1. The maximum Gasteiger partial charge on any atom is 0.137 e. The predicted octanol–water partition coefficient (Wildman–Crippen LogP) is 2.79. The lowest BCUT2D eigenvalue weighted by molar-refractivity contribution is 0.583. The lowest BCUT2D eigenvalue weighted by Gasteiger charge is -2.01. The highest BCUT2D eigenvalue weighted by Gasteiger charge is 2.10. The van der Waals surface area contributed by atoms with Gasteiger partial charge in [0.25, 0.3) is 0 Å². The van der Waals surface area contributed by atoms with Crippen LogP contribution in [0.3, 0.4) is 0 Å². The first-order chi connectivity index (χ1) is 5.66. The zero-order chi connectivity index (χ0) is 9.14. The quantitative estimate of drug-likeness (QED) is 0.683. The molecular weight excluding hydrogens is 228 g/mol. The molecule has 0 saturated carbocycles. The molecule has 0 amide bonds. The van der Waals surface area contributed by atoms with Crippen molar-refractivity contribution in [1.29, 1.82) is 5.26 Å². The zero-order valence-corrected chi connectivity index (χ0v) is 7.53. The van der Waals surface area contributed by atoms with Crippen LogP contribution in [0.2, 0.25) is 0 Å². The van der Waals surface area contributed by atoms with E-state index in [1.54, 1.807) is 6.07 Å². The van der Waals surface area contributed by atoms with Crippen molar-refractivity contribution in [3.63, 3.8) is 0 Å². The van der Waals surface area contributed by atoms with Crippen molar-refractivity contribution in [2.24, 2.45) is 0 Å². The van der Waals surface area contributed by atoms with Gasteiger partial charge in [0.15, 0.2) is 0 Å². The second-order valence-corrected chi connectivity index (χ2v) is 2.95. The van der Waals surface area contributed by atoms with E-state index in [-0.39, 0.29) is 16.5 Å². The van der Waals surface area contributed by atoms with Gasteiger partial charge in [0.1, 0.15) is 11.6 Å². The summed E-state index contributed by atoms with van der Waals surface area (Å²) in [4.78, 5) is 0. The van der Waals surface area contributed by atoms with E-state index in [2.05, 4.69) is 15.9 Å². The van der Waals surface area contributed by atoms with E-state index in [0.717, 1.165) is 12.1 Å². The summed E-state index contributed by atoms with van der Waals surface area (Å²) in [5, 5.41) is 8.30. The topological polar surface area (TPSA) is 23.8 Å². The third kappa shape index (κ3) is 1.62. The Morgan fingerprint density at radius 3 is 2.50 bits per heavy atom. The number of hydrogen-bond donors (Lipinski definition) is 0. The molecule has 0 aliphatic carbocycles. The third-order valence-corrected chi connectivity index (χ3v) is 2.25. The van der Waals surface area contributed by atoms with Gasteiger partial charge in [-0.1, -0.05) is 0 Å². The van der Waals surface area contributed by atoms with Gasteiger partial charge in [0.05, 0.1) is 17.0 Å². The summed E-state index contributed by atoms with van der Waals surface area (Å²) in [5.41, 5.74) is 0.0671. The Morgan fingerprint density at radius 2 is 1.92 bits per heavy atom. The molecule has 1 aromatic rings. The van der Waals surface area contributed by atoms with Crippen LogP contribution in [-0.4, -0.2) is 0 Å². The van der Waals surface area contributed by atoms with Gasteiger partial charge in [-0.25, -0.2) is 8.78 Å². The van der Waals surface area contributed by atoms with Crippen LogP contribution in [0.15, 0.2) is 16.6 Å². The molecule has 0 aliphatic rings. The monoisotopic (exact) mass is 231 g/mol. The second kappa shape index (κ2) is 3.63. The molecule has 0 radical (unpaired) electrons. The molecule has 0 atom stereocenters. The lowest BCUT2D eigenvalue weighted by atomic mass is 10.1. The molecule has 62 valence electrons. The van der Waals surface area contributed by atoms with E-state index in [1.807, 2.05) is 0 Å². The first kappa shape index (κ1) is 9.14. The summed E-state index contributed by atoms with van der Waals surface area (Å²) in [5.74, 6) is -1.12. The van der Waals surface area contributed by atoms with Crippen LogP contribution >= 0.6 is 15.9 Å². The molecule has 1 aromatic carbocycles. The Labute approximate surface area is 76.8 Å². The normalized spacial score (nSPS) is 9.50. The zero-order valence-electron chi connectivity index (χ0n) is 5.94. The van der Waals surface area contributed by atoms with Crippen LogP contribution in [0.1, 0.15) is 5.56 Å². The van der Waals surface area contributed by atoms with Crippen molar-refractivity contribution in [2.45, 2.75) is 6.42 Å². The molecule has 0 fully saturated rings. The molecule has 12 heavy (non-hydrogen) atoms. The molecule has 0 spiro atoms. The summed E-state index contributed by atoms with van der Waals surface area (Å²) in [6.45, 7) is 0. The highest BCUT2D eigenvalue weighted by molar-refractivity contribution is 9.10. The van der Waals surface area contributed by atoms with Crippen LogP contribution < -0.4 is 0 Å². The summed E-state index contributed by atoms with van der Waals surface area (Å²) < 4.78 is 25.7. The van der Waals surface area contributed by atoms with Crippen LogP contribution in [0, 0.1) is 23.0 Å². The summed E-state index contributed by atoms with van der Waals surface area (Å²) in [6, 6.07) is 3.78. The third-order valence-electron chi connectivity index (χ3n) is 1.39. The molecule has 0 unspecified atom stereocenters. The van der Waals surface area contributed by atoms with E-state index in [4.69, 9.17) is 5.26 Å². The van der Waals surface area contributed by atoms with Crippen molar-refractivity contribution in [3.8, 4) is 6.07 Å². The van der Waals surface area contributed by atoms with Crippen molar-refractivity contribution >= 4 is 15.9 Å². The molecule has 0 aromatic heterocycles. The molecule has 0 aliphatic heterocycles. The fourth-order valence-corrected chi connectivity index (χ4v) is 1.27. The van der Waals surface area contributed by atoms with Gasteiger partial charge >= 0.3 is 0 Å². The van der Waals surface area contributed by atoms with Crippen LogP contribution in [-0.2, 0) is 6.42 Å². The minimum absolute atomic E-state index is 0.0315. The summed E-state index contributed by atoms with van der Waals surface area (Å²) in [7, 11) is 0. The highest BCUT2D eigenvalue weighted by Crippen LogP contribution is 2.23. The van der Waals surface area contributed by atoms with E-state index in [9.17, 15) is 8.78 Å². The summed E-state index contributed by atoms with van der Waals surface area (Å²) >= 11 is 2.87. The lowest BCUT2D eigenvalue weighted by Crippen LogP contribution is -1.93. The van der Waals surface area contributed by atoms with Gasteiger partial charge < -0.3 is 0 Å². The minimum atomic E-state index is -0.565. The van der Waals surface area contributed by atoms with E-state index < -0.39 is 11.6 Å². The van der Waals surface area contributed by atoms with Gasteiger partial charge in [0, 0.05) is 5.56 Å². The van der Waals surface area contributed by atoms with E-state index in [1.165, 1.54) is 0 Å². The maximum atomic E-state index is 12.9. The van der Waals surface area contributed by atoms with Crippen molar-refractivity contribution in [2.75, 3.05) is 0 Å². The van der Waals surface area contributed by atoms with Gasteiger partial charge in [-0.15, -0.1) is 0 Å². The van der Waals surface area contributed by atoms with Gasteiger partial charge in [-0.05, 0) is 28.1 Å². The first-order valence-corrected chi connectivity index (χ1v) is 3.95. The van der Waals surface area contributed by atoms with Crippen molar-refractivity contribution in [1.82, 2.24) is 0 Å². The molecule has 4 heteroatoms. The minimum Gasteiger partial charge on any atom is -0.207 e. The Morgan fingerprint density at radius 1 is 1.33 bits per heavy atom. The fraction of sp³-hybridized carbons (Fsp3) is 0.125. The molecule has 0 bridgehead atoms. The van der Waals surface area contributed by atoms with Crippen LogP contribution in [0.25, 0.3) is 0 Å². The maximum absolute atomic E-state index is 12.9. The number of halogens is 3. The average Bonchev–Trinajstić information content (AvgIpc) is 2.06. The number of nitriles is 1. The van der Waals surface area contributed by atoms with Crippen LogP contribution in [0.4, 0.5) is 8.78 Å². The number of benzene rings is 1. The predicted molar refractivity (Wildman–Crippen MR) is 43.4 cm³/mol. The Bertz CT molecular complexity index is 344. The molecular formula is C8H4BrF2N. The van der Waals surface area contributed by atoms with Gasteiger partial charge in [-0.2, -0.15) is 5.26 Å². The average molecular weight is 232 g/mol. The van der Waals surface area contributed by atoms with Gasteiger partial charge in [0.2, 0.25) is 0 Å². The van der Waals surface area contributed by atoms with Crippen molar-refractivity contribution < 1.29 is 8.78 Å². The highest BCUT2D eigenvalue weighted by atomic mass is 79.9. The smallest absolute Gasteiger partial charge is 0.137 e. The molecule has 0 N–H and O–H groups in total. The molecule has 0 heterocycles. The Kier molecular flexibility index (Phi) is 2.77. The summed E-state index contributed by atoms with van der Waals surface area (Å²) in [6.07, 6.45) is -0.135. The number of hydrogen-bond acceptors (Lipinski definition) is 1. The standard InChI is InChI=1S/C8H4BrF2N/c9-8-5(3-4-12)6(10)1-2-7(8)11/h1-2H,3H2. The largest absolute Gasteiger partial charge is 0.207 e. The second-order valence-electron chi connectivity index (χ2n) is 2.16. The SMILES string of the molecule is N#CCc1c(F)ccc(F)c1Br. The fourth-order valence-electron chi connectivity index (χ4n) is 0.810.